The summed E-state index contributed by atoms with van der Waals surface area (Å²) in [6.45, 7) is 0. The molecule has 13 heavy (non-hydrogen) atoms. The molecular formula is C6H9N3O3S. The first-order chi connectivity index (χ1) is 5.88. The van der Waals surface area contributed by atoms with Gasteiger partial charge < -0.3 is 10.8 Å². The lowest BCUT2D eigenvalue weighted by atomic mass is 10.3. The minimum Gasteiger partial charge on any atom is -0.506 e. The van der Waals surface area contributed by atoms with Crippen molar-refractivity contribution in [1.29, 1.82) is 0 Å². The molecule has 0 atom stereocenters. The number of nitrogens with one attached hydrogen (secondary N) is 1. The van der Waals surface area contributed by atoms with Crippen LogP contribution in [-0.2, 0) is 10.2 Å². The number of hydrogen-bond acceptors (Lipinski definition) is 4. The van der Waals surface area contributed by atoms with Crippen LogP contribution in [0.15, 0.2) is 18.2 Å². The van der Waals surface area contributed by atoms with Crippen molar-refractivity contribution >= 4 is 21.6 Å². The van der Waals surface area contributed by atoms with Crippen LogP contribution >= 0.6 is 0 Å². The van der Waals surface area contributed by atoms with Crippen LogP contribution in [0.25, 0.3) is 0 Å². The normalized spacial score (nSPS) is 11.2. The molecule has 0 aliphatic carbocycles. The zero-order chi connectivity index (χ0) is 10.1. The van der Waals surface area contributed by atoms with Crippen LogP contribution < -0.4 is 15.6 Å². The maximum absolute atomic E-state index is 10.6. The van der Waals surface area contributed by atoms with Gasteiger partial charge in [-0.25, -0.2) is 5.14 Å². The third kappa shape index (κ3) is 2.80. The van der Waals surface area contributed by atoms with Gasteiger partial charge in [-0.2, -0.15) is 8.42 Å². The summed E-state index contributed by atoms with van der Waals surface area (Å²) in [5.41, 5.74) is 5.65. The van der Waals surface area contributed by atoms with Crippen LogP contribution in [0.4, 0.5) is 11.4 Å². The fraction of sp³-hybridized carbons (Fsp3) is 0. The highest BCUT2D eigenvalue weighted by Gasteiger charge is 2.06. The van der Waals surface area contributed by atoms with E-state index in [4.69, 9.17) is 10.9 Å². The second-order valence-corrected chi connectivity index (χ2v) is 3.72. The first-order valence-electron chi connectivity index (χ1n) is 3.27. The molecule has 0 saturated carbocycles. The quantitative estimate of drug-likeness (QED) is 0.386. The number of benzene rings is 1. The number of phenolic OH excluding ortho intramolecular Hbond substituents is 1. The standard InChI is InChI=1S/C6H9N3O3S/c7-4-1-2-5(6(10)3-4)9-13(8,11)12/h1-3,9-10H,7H2,(H2,8,11,12). The maximum Gasteiger partial charge on any atom is 0.296 e. The molecule has 0 bridgehead atoms. The number of nitrogens with two attached hydrogens (primary N) is 2. The third-order valence-corrected chi connectivity index (χ3v) is 1.78. The average molecular weight is 203 g/mol. The highest BCUT2D eigenvalue weighted by Crippen LogP contribution is 2.25. The molecule has 1 aromatic rings. The summed E-state index contributed by atoms with van der Waals surface area (Å²) in [6.07, 6.45) is 0. The largest absolute Gasteiger partial charge is 0.506 e. The van der Waals surface area contributed by atoms with Crippen LogP contribution in [0, 0.1) is 0 Å². The molecule has 0 fully saturated rings. The fourth-order valence-electron chi connectivity index (χ4n) is 0.788. The Hall–Kier alpha value is -1.47. The van der Waals surface area contributed by atoms with Crippen LogP contribution in [0.3, 0.4) is 0 Å². The summed E-state index contributed by atoms with van der Waals surface area (Å²) in [5.74, 6) is -0.269. The van der Waals surface area contributed by atoms with Crippen molar-refractivity contribution in [2.45, 2.75) is 0 Å². The van der Waals surface area contributed by atoms with Crippen molar-refractivity contribution in [3.8, 4) is 5.75 Å². The molecule has 0 aliphatic heterocycles. The van der Waals surface area contributed by atoms with Crippen molar-refractivity contribution in [1.82, 2.24) is 0 Å². The molecule has 0 aliphatic rings. The lowest BCUT2D eigenvalue weighted by molar-refractivity contribution is 0.478. The van der Waals surface area contributed by atoms with Gasteiger partial charge in [0.1, 0.15) is 5.75 Å². The summed E-state index contributed by atoms with van der Waals surface area (Å²) < 4.78 is 23.0. The number of rotatable bonds is 2. The molecule has 1 aromatic carbocycles. The number of anilines is 2. The minimum absolute atomic E-state index is 0.00306. The molecule has 0 unspecified atom stereocenters. The number of aromatic hydroxyl groups is 1. The number of nitrogen functional groups attached to an aromatic ring is 1. The van der Waals surface area contributed by atoms with Gasteiger partial charge in [-0.05, 0) is 12.1 Å². The summed E-state index contributed by atoms with van der Waals surface area (Å²) in [4.78, 5) is 0. The second kappa shape index (κ2) is 3.11. The Labute approximate surface area is 75.4 Å². The molecule has 72 valence electrons. The van der Waals surface area contributed by atoms with Gasteiger partial charge in [0.05, 0.1) is 5.69 Å². The van der Waals surface area contributed by atoms with Gasteiger partial charge in [0, 0.05) is 11.8 Å². The van der Waals surface area contributed by atoms with Crippen molar-refractivity contribution < 1.29 is 13.5 Å². The molecule has 6 nitrogen and oxygen atoms in total. The minimum atomic E-state index is -3.86. The van der Waals surface area contributed by atoms with Gasteiger partial charge in [0.15, 0.2) is 0 Å². The van der Waals surface area contributed by atoms with Crippen LogP contribution in [0.2, 0.25) is 0 Å². The highest BCUT2D eigenvalue weighted by molar-refractivity contribution is 7.90. The van der Waals surface area contributed by atoms with Gasteiger partial charge in [0.2, 0.25) is 0 Å². The van der Waals surface area contributed by atoms with Gasteiger partial charge in [-0.3, -0.25) is 4.72 Å². The molecule has 0 spiro atoms. The molecule has 0 heterocycles. The van der Waals surface area contributed by atoms with E-state index in [1.54, 1.807) is 0 Å². The van der Waals surface area contributed by atoms with Gasteiger partial charge in [-0.15, -0.1) is 0 Å². The highest BCUT2D eigenvalue weighted by atomic mass is 32.2. The van der Waals surface area contributed by atoms with E-state index in [9.17, 15) is 13.5 Å². The van der Waals surface area contributed by atoms with E-state index in [-0.39, 0.29) is 11.4 Å². The Bertz CT molecular complexity index is 415. The van der Waals surface area contributed by atoms with E-state index in [0.717, 1.165) is 0 Å². The predicted molar refractivity (Wildman–Crippen MR) is 49.2 cm³/mol. The first kappa shape index (κ1) is 9.62. The fourth-order valence-corrected chi connectivity index (χ4v) is 1.27. The van der Waals surface area contributed by atoms with Gasteiger partial charge in [-0.1, -0.05) is 0 Å². The van der Waals surface area contributed by atoms with Crippen LogP contribution in [0.1, 0.15) is 0 Å². The Morgan fingerprint density at radius 1 is 1.38 bits per heavy atom. The summed E-state index contributed by atoms with van der Waals surface area (Å²) in [5, 5.41) is 13.9. The SMILES string of the molecule is Nc1ccc(NS(N)(=O)=O)c(O)c1. The smallest absolute Gasteiger partial charge is 0.296 e. The molecule has 7 heteroatoms. The lowest BCUT2D eigenvalue weighted by Crippen LogP contribution is -2.21. The molecular weight excluding hydrogens is 194 g/mol. The Balaban J connectivity index is 3.04. The van der Waals surface area contributed by atoms with Crippen LogP contribution in [-0.4, -0.2) is 13.5 Å². The maximum atomic E-state index is 10.6. The molecule has 0 amide bonds. The topological polar surface area (TPSA) is 118 Å². The molecule has 0 radical (unpaired) electrons. The zero-order valence-electron chi connectivity index (χ0n) is 6.56. The van der Waals surface area contributed by atoms with E-state index < -0.39 is 10.2 Å². The van der Waals surface area contributed by atoms with E-state index in [2.05, 4.69) is 0 Å². The summed E-state index contributed by atoms with van der Waals surface area (Å²) in [7, 11) is -3.86. The Morgan fingerprint density at radius 2 is 2.00 bits per heavy atom. The van der Waals surface area contributed by atoms with E-state index >= 15 is 0 Å². The molecule has 1 rings (SSSR count). The summed E-state index contributed by atoms with van der Waals surface area (Å²) >= 11 is 0. The van der Waals surface area contributed by atoms with Crippen molar-refractivity contribution in [2.75, 3.05) is 10.5 Å². The van der Waals surface area contributed by atoms with Gasteiger partial charge >= 0.3 is 0 Å². The van der Waals surface area contributed by atoms with E-state index in [0.29, 0.717) is 5.69 Å². The third-order valence-electron chi connectivity index (χ3n) is 1.27. The van der Waals surface area contributed by atoms with Crippen molar-refractivity contribution in [3.05, 3.63) is 18.2 Å². The number of hydrogen-bond donors (Lipinski definition) is 4. The summed E-state index contributed by atoms with van der Waals surface area (Å²) in [6, 6.07) is 3.97. The van der Waals surface area contributed by atoms with Gasteiger partial charge in [0.25, 0.3) is 10.2 Å². The first-order valence-corrected chi connectivity index (χ1v) is 4.82. The van der Waals surface area contributed by atoms with Crippen LogP contribution in [0.5, 0.6) is 5.75 Å². The molecule has 0 aromatic heterocycles. The van der Waals surface area contributed by atoms with E-state index in [1.807, 2.05) is 4.72 Å². The average Bonchev–Trinajstić information content (AvgIpc) is 1.93. The van der Waals surface area contributed by atoms with E-state index in [1.165, 1.54) is 18.2 Å². The molecule has 6 N–H and O–H groups in total. The zero-order valence-corrected chi connectivity index (χ0v) is 7.38. The van der Waals surface area contributed by atoms with Crippen molar-refractivity contribution in [2.24, 2.45) is 5.14 Å². The Morgan fingerprint density at radius 3 is 2.46 bits per heavy atom. The second-order valence-electron chi connectivity index (χ2n) is 2.42. The van der Waals surface area contributed by atoms with Crippen molar-refractivity contribution in [3.63, 3.8) is 0 Å². The number of phenols is 1. The predicted octanol–water partition coefficient (Wildman–Crippen LogP) is -0.410. The lowest BCUT2D eigenvalue weighted by Gasteiger charge is -2.05. The molecule has 0 saturated heterocycles. The monoisotopic (exact) mass is 203 g/mol. The Kier molecular flexibility index (Phi) is 2.30.